The molecular weight excluding hydrogens is 583 g/mol. The first-order valence-corrected chi connectivity index (χ1v) is 15.4. The molecular formula is C35H41F3N3O4+. The van der Waals surface area contributed by atoms with Gasteiger partial charge in [-0.15, -0.1) is 6.58 Å². The molecule has 5 atom stereocenters. The number of quaternary nitrogens is 1. The van der Waals surface area contributed by atoms with Crippen LogP contribution in [0.5, 0.6) is 0 Å². The molecule has 3 aliphatic heterocycles. The second-order valence-corrected chi connectivity index (χ2v) is 13.2. The standard InChI is InChI=1S/C35H40F3N3O4/c1-5-24-22-41(21-23-9-8-10-26(19-23)35(36,37)38)18-15-25(24)20-30(41)32(28-13-16-39-29-12-7-6-11-27(28)29)44-31(42)14-17-40-33(43)45-34(2,3)4/h5-13,16,19,24-25,30,32H,1,14-15,17-18,20-22H2,2-4H3/p+1/t24-,25-,30+,32-,41?/m0/s1. The molecule has 3 saturated heterocycles. The monoisotopic (exact) mass is 624 g/mol. The Morgan fingerprint density at radius 1 is 1.13 bits per heavy atom. The van der Waals surface area contributed by atoms with Gasteiger partial charge in [0.1, 0.15) is 18.2 Å². The van der Waals surface area contributed by atoms with Crippen molar-refractivity contribution in [3.05, 3.63) is 90.1 Å². The summed E-state index contributed by atoms with van der Waals surface area (Å²) < 4.78 is 53.1. The van der Waals surface area contributed by atoms with Gasteiger partial charge in [-0.05, 0) is 51.0 Å². The molecule has 0 saturated carbocycles. The van der Waals surface area contributed by atoms with Crippen LogP contribution in [0.1, 0.15) is 62.8 Å². The van der Waals surface area contributed by atoms with Gasteiger partial charge in [0.2, 0.25) is 0 Å². The normalized spacial score (nSPS) is 23.7. The molecule has 4 heterocycles. The average Bonchev–Trinajstić information content (AvgIpc) is 2.98. The Hall–Kier alpha value is -3.92. The number of para-hydroxylation sites is 1. The van der Waals surface area contributed by atoms with E-state index in [4.69, 9.17) is 9.47 Å². The Morgan fingerprint density at radius 2 is 1.91 bits per heavy atom. The van der Waals surface area contributed by atoms with Crippen LogP contribution in [-0.4, -0.2) is 52.8 Å². The van der Waals surface area contributed by atoms with E-state index in [1.165, 1.54) is 12.1 Å². The zero-order valence-corrected chi connectivity index (χ0v) is 26.0. The molecule has 0 spiro atoms. The number of nitrogens with zero attached hydrogens (tertiary/aromatic N) is 2. The lowest BCUT2D eigenvalue weighted by Crippen LogP contribution is -2.67. The fourth-order valence-corrected chi connectivity index (χ4v) is 7.07. The van der Waals surface area contributed by atoms with Crippen LogP contribution < -0.4 is 5.32 Å². The Morgan fingerprint density at radius 3 is 2.64 bits per heavy atom. The molecule has 1 unspecified atom stereocenters. The summed E-state index contributed by atoms with van der Waals surface area (Å²) in [7, 11) is 0. The van der Waals surface area contributed by atoms with Crippen molar-refractivity contribution in [2.45, 2.75) is 70.5 Å². The van der Waals surface area contributed by atoms with E-state index in [1.807, 2.05) is 36.4 Å². The highest BCUT2D eigenvalue weighted by molar-refractivity contribution is 5.83. The first-order valence-electron chi connectivity index (χ1n) is 15.4. The van der Waals surface area contributed by atoms with E-state index in [0.717, 1.165) is 41.9 Å². The lowest BCUT2D eigenvalue weighted by Gasteiger charge is -2.58. The maximum Gasteiger partial charge on any atom is 0.416 e. The number of esters is 1. The number of benzene rings is 2. The number of rotatable bonds is 9. The van der Waals surface area contributed by atoms with Gasteiger partial charge in [0.15, 0.2) is 6.10 Å². The molecule has 45 heavy (non-hydrogen) atoms. The molecule has 240 valence electrons. The topological polar surface area (TPSA) is 77.5 Å². The predicted octanol–water partition coefficient (Wildman–Crippen LogP) is 7.36. The number of alkyl halides is 3. The molecule has 0 radical (unpaired) electrons. The molecule has 2 bridgehead atoms. The van der Waals surface area contributed by atoms with E-state index in [9.17, 15) is 22.8 Å². The van der Waals surface area contributed by atoms with Crippen molar-refractivity contribution in [1.29, 1.82) is 0 Å². The molecule has 7 nitrogen and oxygen atoms in total. The number of ether oxygens (including phenoxy) is 2. The van der Waals surface area contributed by atoms with Crippen LogP contribution in [0.2, 0.25) is 0 Å². The van der Waals surface area contributed by atoms with Gasteiger partial charge in [0.25, 0.3) is 0 Å². The van der Waals surface area contributed by atoms with Gasteiger partial charge in [0, 0.05) is 48.0 Å². The lowest BCUT2D eigenvalue weighted by atomic mass is 9.71. The van der Waals surface area contributed by atoms with Crippen LogP contribution in [0.15, 0.2) is 73.4 Å². The Balaban J connectivity index is 1.49. The van der Waals surface area contributed by atoms with Crippen molar-refractivity contribution in [3.8, 4) is 0 Å². The molecule has 1 amide bonds. The number of alkyl carbamates (subject to hydrolysis) is 1. The summed E-state index contributed by atoms with van der Waals surface area (Å²) in [5.41, 5.74) is 0.801. The molecule has 6 rings (SSSR count). The average molecular weight is 625 g/mol. The van der Waals surface area contributed by atoms with E-state index in [0.29, 0.717) is 29.1 Å². The quantitative estimate of drug-likeness (QED) is 0.153. The number of fused-ring (bicyclic) bond motifs is 4. The Bertz CT molecular complexity index is 1550. The fraction of sp³-hybridized carbons (Fsp3) is 0.457. The second-order valence-electron chi connectivity index (χ2n) is 13.2. The number of carbonyl (C=O) groups is 2. The van der Waals surface area contributed by atoms with E-state index in [1.54, 1.807) is 33.0 Å². The molecule has 3 aromatic rings. The molecule has 2 aromatic carbocycles. The maximum absolute atomic E-state index is 13.7. The number of pyridine rings is 1. The first-order chi connectivity index (χ1) is 21.3. The molecule has 3 fully saturated rings. The summed E-state index contributed by atoms with van der Waals surface area (Å²) in [6.07, 6.45) is -0.542. The highest BCUT2D eigenvalue weighted by Crippen LogP contribution is 2.49. The first kappa shape index (κ1) is 32.5. The van der Waals surface area contributed by atoms with Gasteiger partial charge in [-0.25, -0.2) is 4.79 Å². The van der Waals surface area contributed by atoms with Crippen molar-refractivity contribution < 1.29 is 36.7 Å². The lowest BCUT2D eigenvalue weighted by molar-refractivity contribution is -0.984. The van der Waals surface area contributed by atoms with Gasteiger partial charge in [-0.1, -0.05) is 36.4 Å². The van der Waals surface area contributed by atoms with Crippen molar-refractivity contribution in [1.82, 2.24) is 10.3 Å². The van der Waals surface area contributed by atoms with Crippen LogP contribution in [0, 0.1) is 11.8 Å². The summed E-state index contributed by atoms with van der Waals surface area (Å²) in [5.74, 6) is 0.0265. The number of hydrogen-bond donors (Lipinski definition) is 1. The second kappa shape index (κ2) is 12.8. The minimum absolute atomic E-state index is 0.0353. The number of hydrogen-bond acceptors (Lipinski definition) is 5. The predicted molar refractivity (Wildman–Crippen MR) is 165 cm³/mol. The third-order valence-corrected chi connectivity index (χ3v) is 9.02. The van der Waals surface area contributed by atoms with E-state index in [-0.39, 0.29) is 24.9 Å². The number of halogens is 3. The largest absolute Gasteiger partial charge is 0.451 e. The van der Waals surface area contributed by atoms with Gasteiger partial charge in [-0.3, -0.25) is 9.78 Å². The molecule has 1 aromatic heterocycles. The number of carbonyl (C=O) groups excluding carboxylic acids is 2. The zero-order chi connectivity index (χ0) is 32.4. The highest BCUT2D eigenvalue weighted by Gasteiger charge is 2.55. The van der Waals surface area contributed by atoms with Gasteiger partial charge in [-0.2, -0.15) is 13.2 Å². The summed E-state index contributed by atoms with van der Waals surface area (Å²) in [4.78, 5) is 30.1. The van der Waals surface area contributed by atoms with Gasteiger partial charge < -0.3 is 19.3 Å². The molecule has 3 aliphatic rings. The minimum atomic E-state index is -4.45. The smallest absolute Gasteiger partial charge is 0.416 e. The SMILES string of the molecule is C=C[C@H]1C[N+]2(Cc3cccc(C(F)(F)F)c3)CC[C@H]1C[C@@H]2[C@@H](OC(=O)CCNC(=O)OC(C)(C)C)c1ccnc2ccccc12. The number of aromatic nitrogens is 1. The van der Waals surface area contributed by atoms with Crippen molar-refractivity contribution in [2.24, 2.45) is 11.8 Å². The van der Waals surface area contributed by atoms with Gasteiger partial charge >= 0.3 is 18.2 Å². The number of piperidine rings is 3. The molecule has 1 N–H and O–H groups in total. The minimum Gasteiger partial charge on any atom is -0.451 e. The molecule has 10 heteroatoms. The highest BCUT2D eigenvalue weighted by atomic mass is 19.4. The Labute approximate surface area is 262 Å². The van der Waals surface area contributed by atoms with Crippen molar-refractivity contribution >= 4 is 23.0 Å². The van der Waals surface area contributed by atoms with Crippen molar-refractivity contribution in [2.75, 3.05) is 19.6 Å². The van der Waals surface area contributed by atoms with E-state index >= 15 is 0 Å². The molecule has 0 aliphatic carbocycles. The summed E-state index contributed by atoms with van der Waals surface area (Å²) in [5, 5.41) is 3.46. The number of amides is 1. The van der Waals surface area contributed by atoms with E-state index in [2.05, 4.69) is 16.9 Å². The van der Waals surface area contributed by atoms with Crippen LogP contribution in [0.25, 0.3) is 10.9 Å². The maximum atomic E-state index is 13.7. The van der Waals surface area contributed by atoms with E-state index < -0.39 is 35.5 Å². The van der Waals surface area contributed by atoms with Crippen LogP contribution in [0.3, 0.4) is 0 Å². The van der Waals surface area contributed by atoms with Gasteiger partial charge in [0.05, 0.1) is 30.6 Å². The third-order valence-electron chi connectivity index (χ3n) is 9.02. The number of nitrogens with one attached hydrogen (secondary N) is 1. The van der Waals surface area contributed by atoms with Crippen LogP contribution >= 0.6 is 0 Å². The van der Waals surface area contributed by atoms with Crippen LogP contribution in [0.4, 0.5) is 18.0 Å². The summed E-state index contributed by atoms with van der Waals surface area (Å²) in [6.45, 7) is 11.2. The Kier molecular flexibility index (Phi) is 9.26. The summed E-state index contributed by atoms with van der Waals surface area (Å²) >= 11 is 0. The van der Waals surface area contributed by atoms with Crippen molar-refractivity contribution in [3.63, 3.8) is 0 Å². The summed E-state index contributed by atoms with van der Waals surface area (Å²) in [6, 6.07) is 14.8. The third kappa shape index (κ3) is 7.49. The van der Waals surface area contributed by atoms with Crippen LogP contribution in [-0.2, 0) is 27.0 Å². The fourth-order valence-electron chi connectivity index (χ4n) is 7.07. The zero-order valence-electron chi connectivity index (χ0n) is 26.0.